The van der Waals surface area contributed by atoms with Crippen LogP contribution in [0, 0.1) is 0 Å². The second-order valence-corrected chi connectivity index (χ2v) is 8.42. The molecule has 0 saturated heterocycles. The average molecular weight is 421 g/mol. The summed E-state index contributed by atoms with van der Waals surface area (Å²) in [6.07, 6.45) is 2.50. The highest BCUT2D eigenvalue weighted by Gasteiger charge is 2.45. The summed E-state index contributed by atoms with van der Waals surface area (Å²) in [6.45, 7) is 2.49. The van der Waals surface area contributed by atoms with Crippen LogP contribution in [-0.4, -0.2) is 18.8 Å². The molecule has 1 N–H and O–H groups in total. The summed E-state index contributed by atoms with van der Waals surface area (Å²) >= 11 is 0. The van der Waals surface area contributed by atoms with E-state index in [0.717, 1.165) is 61.2 Å². The van der Waals surface area contributed by atoms with Crippen LogP contribution in [0.5, 0.6) is 5.75 Å². The Hall–Kier alpha value is -3.56. The Morgan fingerprint density at radius 3 is 2.41 bits per heavy atom. The number of rotatable bonds is 3. The van der Waals surface area contributed by atoms with E-state index in [9.17, 15) is 5.11 Å². The number of ether oxygens (including phenoxy) is 2. The van der Waals surface area contributed by atoms with Crippen molar-refractivity contribution in [2.45, 2.75) is 18.9 Å². The van der Waals surface area contributed by atoms with E-state index < -0.39 is 5.60 Å². The van der Waals surface area contributed by atoms with Crippen LogP contribution < -0.4 is 4.74 Å². The Bertz CT molecular complexity index is 1400. The summed E-state index contributed by atoms with van der Waals surface area (Å²) in [5, 5.41) is 14.4. The fraction of sp³-hybridized carbons (Fsp3) is 0.172. The lowest BCUT2D eigenvalue weighted by Gasteiger charge is -2.30. The topological polar surface area (TPSA) is 38.7 Å². The van der Waals surface area contributed by atoms with Gasteiger partial charge in [0.15, 0.2) is 0 Å². The fourth-order valence-electron chi connectivity index (χ4n) is 5.39. The van der Waals surface area contributed by atoms with Crippen molar-refractivity contribution >= 4 is 16.5 Å². The Balaban J connectivity index is 1.74. The van der Waals surface area contributed by atoms with Gasteiger partial charge in [-0.2, -0.15) is 0 Å². The highest BCUT2D eigenvalue weighted by Crippen LogP contribution is 2.58. The summed E-state index contributed by atoms with van der Waals surface area (Å²) < 4.78 is 11.9. The van der Waals surface area contributed by atoms with Crippen LogP contribution in [0.25, 0.3) is 38.8 Å². The third kappa shape index (κ3) is 2.46. The fourth-order valence-corrected chi connectivity index (χ4v) is 5.39. The Labute approximate surface area is 187 Å². The maximum absolute atomic E-state index is 12.3. The van der Waals surface area contributed by atoms with Crippen LogP contribution in [0.4, 0.5) is 0 Å². The predicted molar refractivity (Wildman–Crippen MR) is 129 cm³/mol. The molecule has 0 aromatic heterocycles. The lowest BCUT2D eigenvalue weighted by molar-refractivity contribution is 0.0804. The second-order valence-electron chi connectivity index (χ2n) is 8.42. The number of benzene rings is 4. The first-order valence-corrected chi connectivity index (χ1v) is 11.1. The lowest BCUT2D eigenvalue weighted by atomic mass is 9.82. The molecule has 1 aliphatic heterocycles. The molecule has 1 unspecified atom stereocenters. The molecule has 3 heteroatoms. The van der Waals surface area contributed by atoms with Crippen LogP contribution in [0.1, 0.15) is 30.0 Å². The van der Waals surface area contributed by atoms with Crippen molar-refractivity contribution in [1.82, 2.24) is 0 Å². The highest BCUT2D eigenvalue weighted by atomic mass is 16.5. The molecule has 0 amide bonds. The third-order valence-electron chi connectivity index (χ3n) is 6.90. The standard InChI is InChI=1S/C29H24O3/c1-3-29(30)23-17-19(18-9-5-4-6-10-18)13-14-22(23)25-20-11-7-8-12-21(20)28-26(27(25)29)24(31-2)15-16-32-28/h4-15,17,30H,3,16H2,1-2H3. The Morgan fingerprint density at radius 1 is 0.906 bits per heavy atom. The summed E-state index contributed by atoms with van der Waals surface area (Å²) in [5.74, 6) is 1.55. The lowest BCUT2D eigenvalue weighted by Crippen LogP contribution is -2.26. The molecule has 32 heavy (non-hydrogen) atoms. The van der Waals surface area contributed by atoms with Crippen LogP contribution >= 0.6 is 0 Å². The maximum atomic E-state index is 12.3. The van der Waals surface area contributed by atoms with E-state index in [1.165, 1.54) is 0 Å². The zero-order valence-electron chi connectivity index (χ0n) is 18.2. The van der Waals surface area contributed by atoms with E-state index in [2.05, 4.69) is 42.5 Å². The van der Waals surface area contributed by atoms with Crippen molar-refractivity contribution in [3.05, 3.63) is 95.6 Å². The van der Waals surface area contributed by atoms with E-state index in [4.69, 9.17) is 9.47 Å². The monoisotopic (exact) mass is 420 g/mol. The molecular weight excluding hydrogens is 396 g/mol. The molecule has 1 aliphatic carbocycles. The van der Waals surface area contributed by atoms with Gasteiger partial charge in [-0.1, -0.05) is 73.7 Å². The van der Waals surface area contributed by atoms with Gasteiger partial charge in [-0.15, -0.1) is 0 Å². The molecule has 0 fully saturated rings. The predicted octanol–water partition coefficient (Wildman–Crippen LogP) is 6.51. The minimum Gasteiger partial charge on any atom is -0.496 e. The Kier molecular flexibility index (Phi) is 4.17. The van der Waals surface area contributed by atoms with E-state index in [1.54, 1.807) is 7.11 Å². The molecular formula is C29H24O3. The van der Waals surface area contributed by atoms with E-state index in [0.29, 0.717) is 13.0 Å². The summed E-state index contributed by atoms with van der Waals surface area (Å²) in [6, 6.07) is 25.1. The Morgan fingerprint density at radius 2 is 1.66 bits per heavy atom. The van der Waals surface area contributed by atoms with Gasteiger partial charge >= 0.3 is 0 Å². The largest absolute Gasteiger partial charge is 0.496 e. The van der Waals surface area contributed by atoms with Gasteiger partial charge in [0, 0.05) is 10.9 Å². The molecule has 0 bridgehead atoms. The van der Waals surface area contributed by atoms with E-state index >= 15 is 0 Å². The first kappa shape index (κ1) is 19.1. The van der Waals surface area contributed by atoms with Gasteiger partial charge in [-0.05, 0) is 51.8 Å². The normalized spacial score (nSPS) is 18.4. The minimum atomic E-state index is -1.14. The SMILES string of the molecule is CCC1(O)c2cc(-c3ccccc3)ccc2-c2c1c1c(c3ccccc23)OCC=C1OC. The quantitative estimate of drug-likeness (QED) is 0.410. The van der Waals surface area contributed by atoms with Gasteiger partial charge in [0.05, 0.1) is 12.7 Å². The molecule has 4 aromatic carbocycles. The molecule has 4 aromatic rings. The molecule has 0 saturated carbocycles. The number of hydrogen-bond acceptors (Lipinski definition) is 3. The van der Waals surface area contributed by atoms with Crippen LogP contribution in [0.2, 0.25) is 0 Å². The summed E-state index contributed by atoms with van der Waals surface area (Å²) in [4.78, 5) is 0. The van der Waals surface area contributed by atoms with Gasteiger partial charge in [0.2, 0.25) is 0 Å². The van der Waals surface area contributed by atoms with Crippen molar-refractivity contribution < 1.29 is 14.6 Å². The summed E-state index contributed by atoms with van der Waals surface area (Å²) in [5.41, 5.74) is 5.95. The van der Waals surface area contributed by atoms with Crippen LogP contribution in [0.3, 0.4) is 0 Å². The number of aliphatic hydroxyl groups is 1. The molecule has 0 spiro atoms. The zero-order chi connectivity index (χ0) is 21.9. The van der Waals surface area contributed by atoms with Crippen molar-refractivity contribution in [1.29, 1.82) is 0 Å². The van der Waals surface area contributed by atoms with Crippen LogP contribution in [-0.2, 0) is 10.3 Å². The van der Waals surface area contributed by atoms with Gasteiger partial charge < -0.3 is 14.6 Å². The number of fused-ring (bicyclic) bond motifs is 8. The smallest absolute Gasteiger partial charge is 0.138 e. The highest BCUT2D eigenvalue weighted by molar-refractivity contribution is 6.09. The number of hydrogen-bond donors (Lipinski definition) is 1. The first-order chi connectivity index (χ1) is 15.7. The summed E-state index contributed by atoms with van der Waals surface area (Å²) in [7, 11) is 1.68. The molecule has 3 nitrogen and oxygen atoms in total. The molecule has 2 aliphatic rings. The molecule has 1 atom stereocenters. The minimum absolute atomic E-state index is 0.453. The average Bonchev–Trinajstić information content (AvgIpc) is 3.13. The van der Waals surface area contributed by atoms with E-state index in [1.807, 2.05) is 43.3 Å². The van der Waals surface area contributed by atoms with Crippen molar-refractivity contribution in [2.24, 2.45) is 0 Å². The second kappa shape index (κ2) is 6.98. The third-order valence-corrected chi connectivity index (χ3v) is 6.90. The maximum Gasteiger partial charge on any atom is 0.138 e. The van der Waals surface area contributed by atoms with Crippen molar-refractivity contribution in [3.8, 4) is 28.0 Å². The molecule has 6 rings (SSSR count). The van der Waals surface area contributed by atoms with Gasteiger partial charge in [-0.25, -0.2) is 0 Å². The van der Waals surface area contributed by atoms with Crippen LogP contribution in [0.15, 0.2) is 78.9 Å². The van der Waals surface area contributed by atoms with Crippen molar-refractivity contribution in [3.63, 3.8) is 0 Å². The van der Waals surface area contributed by atoms with Crippen molar-refractivity contribution in [2.75, 3.05) is 13.7 Å². The van der Waals surface area contributed by atoms with Gasteiger partial charge in [0.25, 0.3) is 0 Å². The zero-order valence-corrected chi connectivity index (χ0v) is 18.2. The van der Waals surface area contributed by atoms with E-state index in [-0.39, 0.29) is 0 Å². The first-order valence-electron chi connectivity index (χ1n) is 11.1. The molecule has 1 heterocycles. The molecule has 0 radical (unpaired) electrons. The number of methoxy groups -OCH3 is 1. The van der Waals surface area contributed by atoms with Gasteiger partial charge in [-0.3, -0.25) is 0 Å². The molecule has 158 valence electrons. The van der Waals surface area contributed by atoms with Gasteiger partial charge in [0.1, 0.15) is 23.7 Å².